The van der Waals surface area contributed by atoms with Crippen LogP contribution in [0.15, 0.2) is 52.9 Å². The molecule has 0 radical (unpaired) electrons. The molecule has 1 N–H and O–H groups in total. The Balaban J connectivity index is 1.44. The topological polar surface area (TPSA) is 79.4 Å². The van der Waals surface area contributed by atoms with Crippen LogP contribution >= 0.6 is 11.3 Å². The molecule has 1 aliphatic heterocycles. The largest absolute Gasteiger partial charge is 0.417 e. The van der Waals surface area contributed by atoms with Gasteiger partial charge in [-0.25, -0.2) is 13.4 Å². The second-order valence-electron chi connectivity index (χ2n) is 7.20. The van der Waals surface area contributed by atoms with Crippen molar-refractivity contribution in [2.75, 3.05) is 18.4 Å². The van der Waals surface area contributed by atoms with Crippen LogP contribution in [-0.4, -0.2) is 36.7 Å². The van der Waals surface area contributed by atoms with E-state index in [4.69, 9.17) is 0 Å². The van der Waals surface area contributed by atoms with Gasteiger partial charge >= 0.3 is 6.18 Å². The summed E-state index contributed by atoms with van der Waals surface area (Å²) in [5, 5.41) is 2.82. The number of sulfonamides is 1. The maximum absolute atomic E-state index is 13.3. The van der Waals surface area contributed by atoms with E-state index in [1.807, 2.05) is 6.07 Å². The molecule has 31 heavy (non-hydrogen) atoms. The van der Waals surface area contributed by atoms with Crippen LogP contribution in [0.4, 0.5) is 18.9 Å². The minimum Gasteiger partial charge on any atom is -0.326 e. The molecule has 4 rings (SSSR count). The number of rotatable bonds is 4. The number of halogens is 3. The first kappa shape index (κ1) is 21.7. The van der Waals surface area contributed by atoms with Crippen LogP contribution in [-0.2, 0) is 21.0 Å². The monoisotopic (exact) mass is 469 g/mol. The highest BCUT2D eigenvalue weighted by molar-refractivity contribution is 7.89. The second-order valence-corrected chi connectivity index (χ2v) is 9.99. The Bertz CT molecular complexity index is 1220. The third-order valence-electron chi connectivity index (χ3n) is 5.23. The Hall–Kier alpha value is -2.50. The summed E-state index contributed by atoms with van der Waals surface area (Å²) in [7, 11) is -4.33. The normalized spacial score (nSPS) is 16.5. The summed E-state index contributed by atoms with van der Waals surface area (Å²) >= 11 is 1.49. The molecule has 11 heteroatoms. The standard InChI is InChI=1S/C20H18F3N3O3S2/c21-20(22,23)15-3-1-2-4-18(15)31(28,29)26-9-7-13(8-10-26)19(27)25-14-5-6-17-16(11-14)24-12-30-17/h1-6,11-13H,7-10H2,(H,25,27). The van der Waals surface area contributed by atoms with Gasteiger partial charge in [-0.15, -0.1) is 11.3 Å². The van der Waals surface area contributed by atoms with Crippen LogP contribution in [0.1, 0.15) is 18.4 Å². The molecule has 0 bridgehead atoms. The van der Waals surface area contributed by atoms with E-state index in [0.29, 0.717) is 5.69 Å². The van der Waals surface area contributed by atoms with Gasteiger partial charge < -0.3 is 5.32 Å². The highest BCUT2D eigenvalue weighted by Gasteiger charge is 2.40. The summed E-state index contributed by atoms with van der Waals surface area (Å²) in [6.07, 6.45) is -4.34. The Kier molecular flexibility index (Phi) is 5.75. The number of carbonyl (C=O) groups is 1. The molecule has 2 heterocycles. The number of fused-ring (bicyclic) bond motifs is 1. The zero-order chi connectivity index (χ0) is 22.2. The maximum atomic E-state index is 13.3. The van der Waals surface area contributed by atoms with Gasteiger partial charge in [0.05, 0.1) is 26.2 Å². The smallest absolute Gasteiger partial charge is 0.326 e. The van der Waals surface area contributed by atoms with Crippen molar-refractivity contribution in [2.45, 2.75) is 23.9 Å². The molecule has 0 aliphatic carbocycles. The number of thiazole rings is 1. The highest BCUT2D eigenvalue weighted by Crippen LogP contribution is 2.36. The third kappa shape index (κ3) is 4.43. The average molecular weight is 470 g/mol. The first-order chi connectivity index (χ1) is 14.7. The van der Waals surface area contributed by atoms with Crippen LogP contribution < -0.4 is 5.32 Å². The highest BCUT2D eigenvalue weighted by atomic mass is 32.2. The lowest BCUT2D eigenvalue weighted by molar-refractivity contribution is -0.139. The summed E-state index contributed by atoms with van der Waals surface area (Å²) in [4.78, 5) is 16.0. The lowest BCUT2D eigenvalue weighted by Crippen LogP contribution is -2.41. The molecule has 2 aromatic carbocycles. The number of aromatic nitrogens is 1. The number of anilines is 1. The van der Waals surface area contributed by atoms with E-state index >= 15 is 0 Å². The molecule has 3 aromatic rings. The number of benzene rings is 2. The predicted molar refractivity (Wildman–Crippen MR) is 111 cm³/mol. The molecule has 1 aromatic heterocycles. The van der Waals surface area contributed by atoms with E-state index in [1.54, 1.807) is 17.6 Å². The van der Waals surface area contributed by atoms with Crippen LogP contribution in [0.25, 0.3) is 10.2 Å². The predicted octanol–water partition coefficient (Wildman–Crippen LogP) is 4.35. The van der Waals surface area contributed by atoms with Gasteiger partial charge in [-0.3, -0.25) is 4.79 Å². The molecule has 0 atom stereocenters. The Morgan fingerprint density at radius 1 is 1.13 bits per heavy atom. The van der Waals surface area contributed by atoms with Crippen LogP contribution in [0.3, 0.4) is 0 Å². The van der Waals surface area contributed by atoms with Gasteiger partial charge in [0.15, 0.2) is 0 Å². The molecular weight excluding hydrogens is 451 g/mol. The van der Waals surface area contributed by atoms with Crippen molar-refractivity contribution < 1.29 is 26.4 Å². The molecule has 1 fully saturated rings. The van der Waals surface area contributed by atoms with E-state index in [-0.39, 0.29) is 31.8 Å². The van der Waals surface area contributed by atoms with Gasteiger partial charge in [0.25, 0.3) is 0 Å². The number of nitrogens with zero attached hydrogens (tertiary/aromatic N) is 2. The molecule has 0 spiro atoms. The quantitative estimate of drug-likeness (QED) is 0.616. The zero-order valence-electron chi connectivity index (χ0n) is 16.1. The fourth-order valence-corrected chi connectivity index (χ4v) is 5.94. The van der Waals surface area contributed by atoms with Crippen molar-refractivity contribution in [3.8, 4) is 0 Å². The van der Waals surface area contributed by atoms with E-state index in [1.165, 1.54) is 17.4 Å². The number of hydrogen-bond acceptors (Lipinski definition) is 5. The summed E-state index contributed by atoms with van der Waals surface area (Å²) in [5.41, 5.74) is 1.89. The molecule has 1 aliphatic rings. The van der Waals surface area contributed by atoms with E-state index < -0.39 is 32.6 Å². The number of nitrogens with one attached hydrogen (secondary N) is 1. The summed E-state index contributed by atoms with van der Waals surface area (Å²) in [6.45, 7) is -0.0601. The van der Waals surface area contributed by atoms with Crippen molar-refractivity contribution >= 4 is 43.2 Å². The molecule has 1 amide bonds. The Morgan fingerprint density at radius 3 is 2.55 bits per heavy atom. The van der Waals surface area contributed by atoms with Crippen molar-refractivity contribution in [1.29, 1.82) is 0 Å². The summed E-state index contributed by atoms with van der Waals surface area (Å²) < 4.78 is 67.5. The number of carbonyl (C=O) groups excluding carboxylic acids is 1. The third-order valence-corrected chi connectivity index (χ3v) is 8.00. The molecule has 164 valence electrons. The number of amides is 1. The van der Waals surface area contributed by atoms with Gasteiger partial charge in [0.1, 0.15) is 0 Å². The molecule has 1 saturated heterocycles. The lowest BCUT2D eigenvalue weighted by atomic mass is 9.97. The van der Waals surface area contributed by atoms with Crippen molar-refractivity contribution in [1.82, 2.24) is 9.29 Å². The number of piperidine rings is 1. The Morgan fingerprint density at radius 2 is 1.84 bits per heavy atom. The molecule has 0 saturated carbocycles. The minimum absolute atomic E-state index is 0.0300. The second kappa shape index (κ2) is 8.21. The van der Waals surface area contributed by atoms with Crippen LogP contribution in [0.5, 0.6) is 0 Å². The molecule has 6 nitrogen and oxygen atoms in total. The molecular formula is C20H18F3N3O3S2. The zero-order valence-corrected chi connectivity index (χ0v) is 17.7. The Labute approximate surface area is 180 Å². The summed E-state index contributed by atoms with van der Waals surface area (Å²) in [6, 6.07) is 9.53. The van der Waals surface area contributed by atoms with Gasteiger partial charge in [-0.1, -0.05) is 12.1 Å². The van der Waals surface area contributed by atoms with Gasteiger partial charge in [0, 0.05) is 24.7 Å². The fraction of sp³-hybridized carbons (Fsp3) is 0.300. The van der Waals surface area contributed by atoms with Crippen LogP contribution in [0, 0.1) is 5.92 Å². The number of alkyl halides is 3. The van der Waals surface area contributed by atoms with Crippen LogP contribution in [0.2, 0.25) is 0 Å². The van der Waals surface area contributed by atoms with Gasteiger partial charge in [-0.05, 0) is 43.2 Å². The molecule has 0 unspecified atom stereocenters. The van der Waals surface area contributed by atoms with E-state index in [0.717, 1.165) is 32.7 Å². The minimum atomic E-state index is -4.78. The lowest BCUT2D eigenvalue weighted by Gasteiger charge is -2.31. The van der Waals surface area contributed by atoms with Gasteiger partial charge in [0.2, 0.25) is 15.9 Å². The fourth-order valence-electron chi connectivity index (χ4n) is 3.60. The first-order valence-electron chi connectivity index (χ1n) is 9.47. The van der Waals surface area contributed by atoms with E-state index in [9.17, 15) is 26.4 Å². The SMILES string of the molecule is O=C(Nc1ccc2scnc2c1)C1CCN(S(=O)(=O)c2ccccc2C(F)(F)F)CC1. The first-order valence-corrected chi connectivity index (χ1v) is 11.8. The average Bonchev–Trinajstić information content (AvgIpc) is 3.21. The van der Waals surface area contributed by atoms with Crippen molar-refractivity contribution in [3.05, 3.63) is 53.5 Å². The van der Waals surface area contributed by atoms with Crippen molar-refractivity contribution in [3.63, 3.8) is 0 Å². The summed E-state index contributed by atoms with van der Waals surface area (Å²) in [5.74, 6) is -0.683. The number of hydrogen-bond donors (Lipinski definition) is 1. The maximum Gasteiger partial charge on any atom is 0.417 e. The van der Waals surface area contributed by atoms with E-state index in [2.05, 4.69) is 10.3 Å². The van der Waals surface area contributed by atoms with Crippen molar-refractivity contribution in [2.24, 2.45) is 5.92 Å². The van der Waals surface area contributed by atoms with Gasteiger partial charge in [-0.2, -0.15) is 17.5 Å².